The summed E-state index contributed by atoms with van der Waals surface area (Å²) in [5.41, 5.74) is 2.96. The van der Waals surface area contributed by atoms with Gasteiger partial charge in [-0.2, -0.15) is 0 Å². The minimum atomic E-state index is -4.42. The molecule has 9 N–H and O–H groups in total. The molecule has 17 heteroatoms. The quantitative estimate of drug-likeness (QED) is 0.0483. The maximum atomic E-state index is 14.5. The van der Waals surface area contributed by atoms with Crippen LogP contribution in [-0.2, 0) is 49.7 Å². The number of fused-ring (bicyclic) bond motifs is 1. The summed E-state index contributed by atoms with van der Waals surface area (Å²) in [6.45, 7) is 9.17. The molecule has 0 unspecified atom stereocenters. The van der Waals surface area contributed by atoms with Crippen LogP contribution in [0.3, 0.4) is 0 Å². The number of ether oxygens (including phenoxy) is 1. The summed E-state index contributed by atoms with van der Waals surface area (Å²) in [5.74, 6) is -1.36. The van der Waals surface area contributed by atoms with Gasteiger partial charge >= 0.3 is 7.60 Å². The van der Waals surface area contributed by atoms with Crippen LogP contribution in [0.25, 0.3) is 11.0 Å². The van der Waals surface area contributed by atoms with Crippen molar-refractivity contribution in [2.75, 3.05) is 7.11 Å². The van der Waals surface area contributed by atoms with Gasteiger partial charge in [0, 0.05) is 13.0 Å². The molecule has 64 heavy (non-hydrogen) atoms. The van der Waals surface area contributed by atoms with Gasteiger partial charge in [-0.3, -0.25) is 29.1 Å². The second-order valence-corrected chi connectivity index (χ2v) is 18.8. The first kappa shape index (κ1) is 49.1. The average Bonchev–Trinajstić information content (AvgIpc) is 3.68. The maximum absolute atomic E-state index is 14.5. The third kappa shape index (κ3) is 14.1. The number of aromatic nitrogens is 2. The Labute approximate surface area is 373 Å². The Morgan fingerprint density at radius 3 is 2.00 bits per heavy atom. The van der Waals surface area contributed by atoms with E-state index in [4.69, 9.17) is 4.74 Å². The Morgan fingerprint density at radius 2 is 1.39 bits per heavy atom. The molecule has 5 aromatic rings. The van der Waals surface area contributed by atoms with Gasteiger partial charge in [-0.15, -0.1) is 0 Å². The molecule has 5 atom stereocenters. The summed E-state index contributed by atoms with van der Waals surface area (Å²) in [7, 11) is -2.87. The van der Waals surface area contributed by atoms with E-state index in [0.717, 1.165) is 22.2 Å². The van der Waals surface area contributed by atoms with E-state index >= 15 is 0 Å². The summed E-state index contributed by atoms with van der Waals surface area (Å²) < 4.78 is 16.9. The third-order valence-electron chi connectivity index (χ3n) is 10.8. The number of aryl methyl sites for hydroxylation is 1. The van der Waals surface area contributed by atoms with E-state index in [1.807, 2.05) is 66.7 Å². The van der Waals surface area contributed by atoms with E-state index in [0.29, 0.717) is 17.1 Å². The first-order chi connectivity index (χ1) is 30.3. The molecule has 4 amide bonds. The Kier molecular flexibility index (Phi) is 17.0. The van der Waals surface area contributed by atoms with E-state index in [1.54, 1.807) is 66.0 Å². The van der Waals surface area contributed by atoms with Gasteiger partial charge in [0.15, 0.2) is 0 Å². The lowest BCUT2D eigenvalue weighted by Gasteiger charge is -2.35. The van der Waals surface area contributed by atoms with Gasteiger partial charge in [0.05, 0.1) is 42.1 Å². The van der Waals surface area contributed by atoms with Crippen molar-refractivity contribution in [3.8, 4) is 5.75 Å². The number of hydrogen-bond acceptors (Lipinski definition) is 9. The average molecular weight is 898 g/mol. The van der Waals surface area contributed by atoms with Crippen LogP contribution in [-0.4, -0.2) is 85.9 Å². The molecular formula is C47H60N7O9P. The minimum absolute atomic E-state index is 0.0222. The zero-order valence-corrected chi connectivity index (χ0v) is 37.9. The number of carbonyl (C=O) groups is 4. The monoisotopic (exact) mass is 897 g/mol. The van der Waals surface area contributed by atoms with Crippen molar-refractivity contribution in [2.24, 2.45) is 11.3 Å². The minimum Gasteiger partial charge on any atom is -0.497 e. The zero-order valence-electron chi connectivity index (χ0n) is 37.0. The van der Waals surface area contributed by atoms with E-state index < -0.39 is 66.9 Å². The molecule has 5 rings (SSSR count). The molecule has 1 heterocycles. The standard InChI is InChI=1S/C47H60N7O9P/c1-29(2)40(44(57)49-28-38-50-35-14-10-11-15-36(35)51-38)54-45(58)41(48-27-32-16-21-33(63-6)22-17-32)42(56)37(26-31-12-8-7-9-13-31)52-46(59)43(47(3,4)5)53-39(55)25-20-30-18-23-34(24-19-30)64(60,61)62/h7-19,21-24,29,37,40-43,48,56H,20,25-28H2,1-6H3,(H,49,57)(H,50,51)(H,52,59)(H,53,55)(H,54,58)(H2,60,61,62)/t37-,40-,41+,42+,43+/m0/s1. The van der Waals surface area contributed by atoms with Crippen LogP contribution < -0.4 is 36.6 Å². The molecular weight excluding hydrogens is 838 g/mol. The largest absolute Gasteiger partial charge is 0.497 e. The van der Waals surface area contributed by atoms with Gasteiger partial charge in [-0.1, -0.05) is 101 Å². The van der Waals surface area contributed by atoms with E-state index in [-0.39, 0.29) is 43.6 Å². The lowest BCUT2D eigenvalue weighted by molar-refractivity contribution is -0.135. The highest BCUT2D eigenvalue weighted by Gasteiger charge is 2.39. The first-order valence-electron chi connectivity index (χ1n) is 21.2. The summed E-state index contributed by atoms with van der Waals surface area (Å²) in [6.07, 6.45) is -1.25. The Balaban J connectivity index is 1.37. The van der Waals surface area contributed by atoms with Crippen molar-refractivity contribution in [1.29, 1.82) is 0 Å². The molecule has 0 aliphatic carbocycles. The van der Waals surface area contributed by atoms with E-state index in [1.165, 1.54) is 12.1 Å². The molecule has 0 saturated heterocycles. The van der Waals surface area contributed by atoms with Crippen molar-refractivity contribution >= 4 is 47.6 Å². The van der Waals surface area contributed by atoms with Crippen molar-refractivity contribution in [1.82, 2.24) is 36.6 Å². The van der Waals surface area contributed by atoms with E-state index in [9.17, 15) is 38.6 Å². The van der Waals surface area contributed by atoms with Crippen LogP contribution in [0.1, 0.15) is 63.6 Å². The van der Waals surface area contributed by atoms with Crippen LogP contribution in [0.4, 0.5) is 0 Å². The molecule has 16 nitrogen and oxygen atoms in total. The highest BCUT2D eigenvalue weighted by atomic mass is 31.2. The number of methoxy groups -OCH3 is 1. The van der Waals surface area contributed by atoms with Crippen molar-refractivity contribution in [3.05, 3.63) is 126 Å². The number of rotatable bonds is 21. The molecule has 0 radical (unpaired) electrons. The van der Waals surface area contributed by atoms with Crippen LogP contribution in [0.2, 0.25) is 0 Å². The molecule has 0 aliphatic rings. The fourth-order valence-corrected chi connectivity index (χ4v) is 7.67. The van der Waals surface area contributed by atoms with Crippen LogP contribution in [0.15, 0.2) is 103 Å². The van der Waals surface area contributed by atoms with Crippen molar-refractivity contribution in [2.45, 2.75) is 97.2 Å². The van der Waals surface area contributed by atoms with Crippen LogP contribution >= 0.6 is 7.60 Å². The molecule has 0 aliphatic heterocycles. The summed E-state index contributed by atoms with van der Waals surface area (Å²) in [5, 5.41) is 27.0. The number of carbonyl (C=O) groups excluding carboxylic acids is 4. The number of aromatic amines is 1. The molecule has 4 aromatic carbocycles. The number of aliphatic hydroxyl groups is 1. The fourth-order valence-electron chi connectivity index (χ4n) is 7.13. The second kappa shape index (κ2) is 22.1. The number of nitrogens with one attached hydrogen (secondary N) is 6. The maximum Gasteiger partial charge on any atom is 0.356 e. The van der Waals surface area contributed by atoms with Gasteiger partial charge in [-0.05, 0) is 77.3 Å². The van der Waals surface area contributed by atoms with Crippen molar-refractivity contribution < 1.29 is 43.4 Å². The normalized spacial score (nSPS) is 14.2. The zero-order chi connectivity index (χ0) is 46.6. The first-order valence-corrected chi connectivity index (χ1v) is 22.8. The lowest BCUT2D eigenvalue weighted by Crippen LogP contribution is -2.63. The third-order valence-corrected chi connectivity index (χ3v) is 11.8. The summed E-state index contributed by atoms with van der Waals surface area (Å²) >= 11 is 0. The number of amides is 4. The Bertz CT molecular complexity index is 2350. The van der Waals surface area contributed by atoms with Gasteiger partial charge in [-0.25, -0.2) is 4.98 Å². The van der Waals surface area contributed by atoms with Gasteiger partial charge < -0.3 is 45.9 Å². The molecule has 1 aromatic heterocycles. The van der Waals surface area contributed by atoms with Crippen LogP contribution in [0, 0.1) is 11.3 Å². The molecule has 0 fully saturated rings. The number of imidazole rings is 1. The molecule has 0 bridgehead atoms. The topological polar surface area (TPSA) is 244 Å². The number of para-hydroxylation sites is 2. The summed E-state index contributed by atoms with van der Waals surface area (Å²) in [4.78, 5) is 82.6. The molecule has 0 spiro atoms. The SMILES string of the molecule is COc1ccc(CN[C@@H](C(=O)N[C@H](C(=O)NCc2nc3ccccc3[nH]2)C(C)C)[C@H](O)[C@H](Cc2ccccc2)NC(=O)[C@@H](NC(=O)CCc2ccc(P(=O)(O)O)cc2)C(C)(C)C)cc1. The lowest BCUT2D eigenvalue weighted by atomic mass is 9.85. The number of aliphatic hydroxyl groups excluding tert-OH is 1. The van der Waals surface area contributed by atoms with Gasteiger partial charge in [0.25, 0.3) is 0 Å². The van der Waals surface area contributed by atoms with E-state index in [2.05, 4.69) is 36.6 Å². The van der Waals surface area contributed by atoms with Crippen molar-refractivity contribution in [3.63, 3.8) is 0 Å². The molecule has 342 valence electrons. The van der Waals surface area contributed by atoms with Crippen LogP contribution in [0.5, 0.6) is 5.75 Å². The predicted molar refractivity (Wildman–Crippen MR) is 244 cm³/mol. The number of nitrogens with zero attached hydrogens (tertiary/aromatic N) is 1. The summed E-state index contributed by atoms with van der Waals surface area (Å²) in [6, 6.07) is 25.0. The number of benzene rings is 4. The Morgan fingerprint density at radius 1 is 0.750 bits per heavy atom. The fraction of sp³-hybridized carbons (Fsp3) is 0.383. The number of hydrogen-bond donors (Lipinski definition) is 9. The smallest absolute Gasteiger partial charge is 0.356 e. The highest BCUT2D eigenvalue weighted by Crippen LogP contribution is 2.33. The molecule has 0 saturated carbocycles. The number of H-pyrrole nitrogens is 1. The van der Waals surface area contributed by atoms with Gasteiger partial charge in [0.1, 0.15) is 29.7 Å². The van der Waals surface area contributed by atoms with Gasteiger partial charge in [0.2, 0.25) is 23.6 Å². The Hall–Kier alpha value is -5.90. The second-order valence-electron chi connectivity index (χ2n) is 17.2. The highest BCUT2D eigenvalue weighted by molar-refractivity contribution is 7.60. The predicted octanol–water partition coefficient (Wildman–Crippen LogP) is 3.54.